The van der Waals surface area contributed by atoms with Gasteiger partial charge in [0.25, 0.3) is 0 Å². The molecular formula is C20H20. The highest BCUT2D eigenvalue weighted by Gasteiger charge is 1.96. The average molecular weight is 260 g/mol. The van der Waals surface area contributed by atoms with Crippen LogP contribution in [0.1, 0.15) is 36.1 Å². The summed E-state index contributed by atoms with van der Waals surface area (Å²) in [6, 6.07) is 16.8. The summed E-state index contributed by atoms with van der Waals surface area (Å²) in [6.07, 6.45) is 12.8. The van der Waals surface area contributed by atoms with E-state index >= 15 is 0 Å². The lowest BCUT2D eigenvalue weighted by molar-refractivity contribution is 1.58. The Kier molecular flexibility index (Phi) is 5.14. The zero-order chi connectivity index (χ0) is 14.2. The van der Waals surface area contributed by atoms with Crippen molar-refractivity contribution in [3.63, 3.8) is 0 Å². The molecule has 0 bridgehead atoms. The standard InChI is InChI=1S/C20H20/c1-3-9-17-11-5-7-13-19(17)15-16-20-14-8-6-12-18(20)10-4-2/h3-16H,1-2H3/b9-3+,10-4+,16-15+. The Balaban J connectivity index is 2.35. The summed E-state index contributed by atoms with van der Waals surface area (Å²) in [5, 5.41) is 0. The molecule has 0 heteroatoms. The van der Waals surface area contributed by atoms with Crippen molar-refractivity contribution in [3.8, 4) is 0 Å². The van der Waals surface area contributed by atoms with Crippen LogP contribution in [0.5, 0.6) is 0 Å². The minimum atomic E-state index is 1.24. The third kappa shape index (κ3) is 3.58. The molecule has 2 aromatic rings. The lowest BCUT2D eigenvalue weighted by atomic mass is 10.0. The molecule has 0 spiro atoms. The van der Waals surface area contributed by atoms with Crippen LogP contribution in [0.2, 0.25) is 0 Å². The van der Waals surface area contributed by atoms with Crippen LogP contribution in [0, 0.1) is 0 Å². The van der Waals surface area contributed by atoms with Crippen molar-refractivity contribution in [3.05, 3.63) is 82.9 Å². The Morgan fingerprint density at radius 3 is 1.10 bits per heavy atom. The Hall–Kier alpha value is -2.34. The number of rotatable bonds is 4. The fourth-order valence-corrected chi connectivity index (χ4v) is 2.17. The van der Waals surface area contributed by atoms with Gasteiger partial charge in [-0.2, -0.15) is 0 Å². The van der Waals surface area contributed by atoms with Crippen LogP contribution in [0.4, 0.5) is 0 Å². The first-order valence-corrected chi connectivity index (χ1v) is 6.96. The summed E-state index contributed by atoms with van der Waals surface area (Å²) in [5.74, 6) is 0. The summed E-state index contributed by atoms with van der Waals surface area (Å²) in [7, 11) is 0. The molecular weight excluding hydrogens is 240 g/mol. The van der Waals surface area contributed by atoms with Crippen LogP contribution >= 0.6 is 0 Å². The van der Waals surface area contributed by atoms with E-state index in [1.165, 1.54) is 22.3 Å². The first kappa shape index (κ1) is 14.1. The van der Waals surface area contributed by atoms with Gasteiger partial charge in [0.2, 0.25) is 0 Å². The predicted octanol–water partition coefficient (Wildman–Crippen LogP) is 5.92. The summed E-state index contributed by atoms with van der Waals surface area (Å²) >= 11 is 0. The van der Waals surface area contributed by atoms with Crippen molar-refractivity contribution < 1.29 is 0 Å². The van der Waals surface area contributed by atoms with E-state index in [9.17, 15) is 0 Å². The van der Waals surface area contributed by atoms with E-state index in [4.69, 9.17) is 0 Å². The van der Waals surface area contributed by atoms with Crippen molar-refractivity contribution in [2.45, 2.75) is 13.8 Å². The van der Waals surface area contributed by atoms with E-state index in [1.54, 1.807) is 0 Å². The third-order valence-electron chi connectivity index (χ3n) is 3.13. The molecule has 0 radical (unpaired) electrons. The molecule has 0 aliphatic carbocycles. The van der Waals surface area contributed by atoms with Crippen molar-refractivity contribution >= 4 is 24.3 Å². The van der Waals surface area contributed by atoms with Crippen LogP contribution in [-0.4, -0.2) is 0 Å². The smallest absolute Gasteiger partial charge is 0.0184 e. The van der Waals surface area contributed by atoms with E-state index in [2.05, 4.69) is 85.0 Å². The molecule has 0 nitrogen and oxygen atoms in total. The molecule has 0 N–H and O–H groups in total. The van der Waals surface area contributed by atoms with Gasteiger partial charge < -0.3 is 0 Å². The van der Waals surface area contributed by atoms with Crippen LogP contribution in [0.3, 0.4) is 0 Å². The van der Waals surface area contributed by atoms with E-state index in [0.29, 0.717) is 0 Å². The summed E-state index contributed by atoms with van der Waals surface area (Å²) in [4.78, 5) is 0. The van der Waals surface area contributed by atoms with Crippen LogP contribution in [0.15, 0.2) is 60.7 Å². The van der Waals surface area contributed by atoms with Gasteiger partial charge in [0.15, 0.2) is 0 Å². The molecule has 20 heavy (non-hydrogen) atoms. The Morgan fingerprint density at radius 1 is 0.500 bits per heavy atom. The highest BCUT2D eigenvalue weighted by atomic mass is 14.0. The molecule has 0 fully saturated rings. The maximum atomic E-state index is 2.18. The van der Waals surface area contributed by atoms with Crippen molar-refractivity contribution in [1.29, 1.82) is 0 Å². The van der Waals surface area contributed by atoms with E-state index < -0.39 is 0 Å². The second kappa shape index (κ2) is 7.30. The molecule has 0 atom stereocenters. The Bertz CT molecular complexity index is 585. The molecule has 0 heterocycles. The highest BCUT2D eigenvalue weighted by Crippen LogP contribution is 2.17. The van der Waals surface area contributed by atoms with Gasteiger partial charge in [0, 0.05) is 0 Å². The van der Waals surface area contributed by atoms with E-state index in [0.717, 1.165) is 0 Å². The molecule has 0 saturated heterocycles. The lowest BCUT2D eigenvalue weighted by Gasteiger charge is -2.02. The van der Waals surface area contributed by atoms with Gasteiger partial charge in [-0.15, -0.1) is 0 Å². The average Bonchev–Trinajstić information content (AvgIpc) is 2.48. The van der Waals surface area contributed by atoms with Gasteiger partial charge in [0.05, 0.1) is 0 Å². The summed E-state index contributed by atoms with van der Waals surface area (Å²) in [5.41, 5.74) is 4.96. The minimum absolute atomic E-state index is 1.24. The third-order valence-corrected chi connectivity index (χ3v) is 3.13. The zero-order valence-corrected chi connectivity index (χ0v) is 12.1. The van der Waals surface area contributed by atoms with E-state index in [1.807, 2.05) is 13.8 Å². The molecule has 0 saturated carbocycles. The van der Waals surface area contributed by atoms with Crippen molar-refractivity contribution in [2.24, 2.45) is 0 Å². The fraction of sp³-hybridized carbons (Fsp3) is 0.100. The zero-order valence-electron chi connectivity index (χ0n) is 12.1. The molecule has 0 aromatic heterocycles. The number of hydrogen-bond donors (Lipinski definition) is 0. The maximum Gasteiger partial charge on any atom is -0.0184 e. The normalized spacial score (nSPS) is 11.9. The van der Waals surface area contributed by atoms with Gasteiger partial charge in [-0.25, -0.2) is 0 Å². The largest absolute Gasteiger partial charge is 0.0870 e. The topological polar surface area (TPSA) is 0 Å². The van der Waals surface area contributed by atoms with Crippen LogP contribution in [0.25, 0.3) is 24.3 Å². The fourth-order valence-electron chi connectivity index (χ4n) is 2.17. The quantitative estimate of drug-likeness (QED) is 0.598. The SMILES string of the molecule is C/C=C/c1ccccc1/C=C/c1ccccc1/C=C/C. The first-order valence-electron chi connectivity index (χ1n) is 6.96. The molecule has 2 aromatic carbocycles. The predicted molar refractivity (Wildman–Crippen MR) is 91.2 cm³/mol. The molecule has 2 rings (SSSR count). The number of benzene rings is 2. The first-order chi connectivity index (χ1) is 9.85. The molecule has 0 amide bonds. The van der Waals surface area contributed by atoms with Gasteiger partial charge in [-0.1, -0.05) is 85.0 Å². The number of hydrogen-bond acceptors (Lipinski definition) is 0. The van der Waals surface area contributed by atoms with Gasteiger partial charge in [0.1, 0.15) is 0 Å². The summed E-state index contributed by atoms with van der Waals surface area (Å²) < 4.78 is 0. The second-order valence-corrected chi connectivity index (χ2v) is 4.59. The number of allylic oxidation sites excluding steroid dienone is 2. The molecule has 0 aliphatic rings. The summed E-state index contributed by atoms with van der Waals surface area (Å²) in [6.45, 7) is 4.09. The van der Waals surface area contributed by atoms with Gasteiger partial charge in [-0.3, -0.25) is 0 Å². The maximum absolute atomic E-state index is 2.18. The van der Waals surface area contributed by atoms with Gasteiger partial charge in [-0.05, 0) is 36.1 Å². The van der Waals surface area contributed by atoms with Crippen LogP contribution in [-0.2, 0) is 0 Å². The Labute approximate surface area is 121 Å². The van der Waals surface area contributed by atoms with E-state index in [-0.39, 0.29) is 0 Å². The molecule has 0 aliphatic heterocycles. The second-order valence-electron chi connectivity index (χ2n) is 4.59. The highest BCUT2D eigenvalue weighted by molar-refractivity contribution is 5.78. The van der Waals surface area contributed by atoms with Crippen molar-refractivity contribution in [2.75, 3.05) is 0 Å². The Morgan fingerprint density at radius 2 is 0.800 bits per heavy atom. The molecule has 0 unspecified atom stereocenters. The monoisotopic (exact) mass is 260 g/mol. The molecule has 100 valence electrons. The van der Waals surface area contributed by atoms with Gasteiger partial charge >= 0.3 is 0 Å². The van der Waals surface area contributed by atoms with Crippen molar-refractivity contribution in [1.82, 2.24) is 0 Å². The minimum Gasteiger partial charge on any atom is -0.0870 e. The lowest BCUT2D eigenvalue weighted by Crippen LogP contribution is -1.81. The van der Waals surface area contributed by atoms with Crippen LogP contribution < -0.4 is 0 Å².